The topological polar surface area (TPSA) is 40.6 Å². The van der Waals surface area contributed by atoms with Crippen molar-refractivity contribution >= 4 is 11.8 Å². The van der Waals surface area contributed by atoms with E-state index < -0.39 is 0 Å². The molecule has 0 N–H and O–H groups in total. The van der Waals surface area contributed by atoms with Crippen molar-refractivity contribution in [2.75, 3.05) is 13.1 Å². The van der Waals surface area contributed by atoms with Crippen molar-refractivity contribution in [2.45, 2.75) is 64.5 Å². The summed E-state index contributed by atoms with van der Waals surface area (Å²) in [5.41, 5.74) is 2.56. The summed E-state index contributed by atoms with van der Waals surface area (Å²) in [6.45, 7) is 5.57. The Labute approximate surface area is 156 Å². The Balaban J connectivity index is 1.66. The summed E-state index contributed by atoms with van der Waals surface area (Å²) in [6.07, 6.45) is 6.41. The van der Waals surface area contributed by atoms with Gasteiger partial charge < -0.3 is 9.80 Å². The molecule has 140 valence electrons. The van der Waals surface area contributed by atoms with Crippen molar-refractivity contribution in [2.24, 2.45) is 11.8 Å². The number of rotatable bonds is 2. The summed E-state index contributed by atoms with van der Waals surface area (Å²) in [7, 11) is 0. The van der Waals surface area contributed by atoms with Gasteiger partial charge in [0, 0.05) is 19.0 Å². The maximum absolute atomic E-state index is 13.4. The molecule has 1 saturated heterocycles. The fraction of sp³-hybridized carbons (Fsp3) is 0.636. The van der Waals surface area contributed by atoms with Gasteiger partial charge in [-0.2, -0.15) is 0 Å². The van der Waals surface area contributed by atoms with Crippen LogP contribution in [0.2, 0.25) is 0 Å². The lowest BCUT2D eigenvalue weighted by Crippen LogP contribution is -2.63. The first-order chi connectivity index (χ1) is 12.6. The fourth-order valence-corrected chi connectivity index (χ4v) is 5.17. The van der Waals surface area contributed by atoms with Gasteiger partial charge in [0.15, 0.2) is 0 Å². The van der Waals surface area contributed by atoms with Crippen LogP contribution in [0.1, 0.15) is 63.1 Å². The van der Waals surface area contributed by atoms with E-state index in [1.165, 1.54) is 17.5 Å². The molecule has 0 bridgehead atoms. The Morgan fingerprint density at radius 1 is 1.12 bits per heavy atom. The van der Waals surface area contributed by atoms with Gasteiger partial charge in [0.1, 0.15) is 6.04 Å². The minimum atomic E-state index is -0.300. The SMILES string of the molecule is CC(C)[C@H]1C(=O)N2CCc3ccccc3[C@@H]2CN1C(=O)C1CCCCC1. The van der Waals surface area contributed by atoms with Crippen molar-refractivity contribution < 1.29 is 9.59 Å². The summed E-state index contributed by atoms with van der Waals surface area (Å²) < 4.78 is 0. The first-order valence-corrected chi connectivity index (χ1v) is 10.3. The predicted molar refractivity (Wildman–Crippen MR) is 102 cm³/mol. The molecule has 2 atom stereocenters. The van der Waals surface area contributed by atoms with Gasteiger partial charge in [-0.05, 0) is 36.3 Å². The molecule has 1 aliphatic carbocycles. The van der Waals surface area contributed by atoms with Gasteiger partial charge in [0.05, 0.1) is 6.04 Å². The van der Waals surface area contributed by atoms with Gasteiger partial charge in [-0.25, -0.2) is 0 Å². The number of benzene rings is 1. The van der Waals surface area contributed by atoms with Crippen LogP contribution in [-0.2, 0) is 16.0 Å². The van der Waals surface area contributed by atoms with Crippen molar-refractivity contribution in [3.05, 3.63) is 35.4 Å². The van der Waals surface area contributed by atoms with Crippen molar-refractivity contribution in [3.8, 4) is 0 Å². The second kappa shape index (κ2) is 7.05. The second-order valence-corrected chi connectivity index (χ2v) is 8.51. The Bertz CT molecular complexity index is 693. The van der Waals surface area contributed by atoms with Gasteiger partial charge >= 0.3 is 0 Å². The molecule has 2 amide bonds. The summed E-state index contributed by atoms with van der Waals surface area (Å²) >= 11 is 0. The summed E-state index contributed by atoms with van der Waals surface area (Å²) in [5, 5.41) is 0. The average Bonchev–Trinajstić information content (AvgIpc) is 2.67. The highest BCUT2D eigenvalue weighted by atomic mass is 16.2. The van der Waals surface area contributed by atoms with E-state index in [4.69, 9.17) is 0 Å². The van der Waals surface area contributed by atoms with Crippen molar-refractivity contribution in [1.82, 2.24) is 9.80 Å². The molecule has 4 heteroatoms. The van der Waals surface area contributed by atoms with Gasteiger partial charge in [0.25, 0.3) is 0 Å². The number of fused-ring (bicyclic) bond motifs is 3. The molecule has 0 radical (unpaired) electrons. The van der Waals surface area contributed by atoms with Crippen LogP contribution in [-0.4, -0.2) is 40.7 Å². The number of hydrogen-bond acceptors (Lipinski definition) is 2. The van der Waals surface area contributed by atoms with Crippen LogP contribution >= 0.6 is 0 Å². The Kier molecular flexibility index (Phi) is 4.76. The third-order valence-electron chi connectivity index (χ3n) is 6.52. The monoisotopic (exact) mass is 354 g/mol. The minimum absolute atomic E-state index is 0.0231. The predicted octanol–water partition coefficient (Wildman–Crippen LogP) is 3.56. The zero-order valence-corrected chi connectivity index (χ0v) is 16.0. The zero-order chi connectivity index (χ0) is 18.3. The molecule has 1 aromatic rings. The molecule has 4 rings (SSSR count). The molecule has 2 aliphatic heterocycles. The second-order valence-electron chi connectivity index (χ2n) is 8.51. The van der Waals surface area contributed by atoms with E-state index in [1.54, 1.807) is 0 Å². The van der Waals surface area contributed by atoms with Crippen LogP contribution in [0.25, 0.3) is 0 Å². The third-order valence-corrected chi connectivity index (χ3v) is 6.52. The van der Waals surface area contributed by atoms with Crippen LogP contribution in [0, 0.1) is 11.8 Å². The van der Waals surface area contributed by atoms with Gasteiger partial charge in [-0.3, -0.25) is 9.59 Å². The molecular formula is C22H30N2O2. The van der Waals surface area contributed by atoms with E-state index in [0.29, 0.717) is 6.54 Å². The quantitative estimate of drug-likeness (QED) is 0.815. The Morgan fingerprint density at radius 2 is 1.85 bits per heavy atom. The average molecular weight is 354 g/mol. The molecule has 0 unspecified atom stereocenters. The Hall–Kier alpha value is -1.84. The number of piperazine rings is 1. The molecule has 3 aliphatic rings. The normalized spacial score (nSPS) is 26.7. The standard InChI is InChI=1S/C22H30N2O2/c1-15(2)20-22(26)23-13-12-16-8-6-7-11-18(16)19(23)14-24(20)21(25)17-9-4-3-5-10-17/h6-8,11,15,17,19-20H,3-5,9-10,12-14H2,1-2H3/t19-,20-/m0/s1. The van der Waals surface area contributed by atoms with Crippen LogP contribution in [0.3, 0.4) is 0 Å². The van der Waals surface area contributed by atoms with Gasteiger partial charge in [0.2, 0.25) is 11.8 Å². The number of carbonyl (C=O) groups is 2. The van der Waals surface area contributed by atoms with Crippen LogP contribution in [0.4, 0.5) is 0 Å². The van der Waals surface area contributed by atoms with Crippen molar-refractivity contribution in [3.63, 3.8) is 0 Å². The van der Waals surface area contributed by atoms with E-state index >= 15 is 0 Å². The lowest BCUT2D eigenvalue weighted by atomic mass is 9.84. The van der Waals surface area contributed by atoms with Crippen molar-refractivity contribution in [1.29, 1.82) is 0 Å². The molecular weight excluding hydrogens is 324 g/mol. The first-order valence-electron chi connectivity index (χ1n) is 10.3. The molecule has 1 aromatic carbocycles. The van der Waals surface area contributed by atoms with Crippen LogP contribution < -0.4 is 0 Å². The third kappa shape index (κ3) is 2.93. The molecule has 0 spiro atoms. The molecule has 4 nitrogen and oxygen atoms in total. The van der Waals surface area contributed by atoms with E-state index in [9.17, 15) is 9.59 Å². The van der Waals surface area contributed by atoms with Gasteiger partial charge in [-0.15, -0.1) is 0 Å². The number of nitrogens with zero attached hydrogens (tertiary/aromatic N) is 2. The maximum Gasteiger partial charge on any atom is 0.246 e. The summed E-state index contributed by atoms with van der Waals surface area (Å²) in [6, 6.07) is 8.15. The smallest absolute Gasteiger partial charge is 0.246 e. The lowest BCUT2D eigenvalue weighted by molar-refractivity contribution is -0.161. The number of amides is 2. The highest BCUT2D eigenvalue weighted by Crippen LogP contribution is 2.38. The summed E-state index contributed by atoms with van der Waals surface area (Å²) in [4.78, 5) is 30.7. The fourth-order valence-electron chi connectivity index (χ4n) is 5.17. The molecule has 1 saturated carbocycles. The van der Waals surface area contributed by atoms with E-state index in [2.05, 4.69) is 38.1 Å². The van der Waals surface area contributed by atoms with E-state index in [0.717, 1.165) is 38.6 Å². The minimum Gasteiger partial charge on any atom is -0.332 e. The van der Waals surface area contributed by atoms with Crippen LogP contribution in [0.5, 0.6) is 0 Å². The largest absolute Gasteiger partial charge is 0.332 e. The maximum atomic E-state index is 13.4. The van der Waals surface area contributed by atoms with E-state index in [-0.39, 0.29) is 35.7 Å². The van der Waals surface area contributed by atoms with Crippen LogP contribution in [0.15, 0.2) is 24.3 Å². The van der Waals surface area contributed by atoms with Gasteiger partial charge in [-0.1, -0.05) is 57.4 Å². The lowest BCUT2D eigenvalue weighted by Gasteiger charge is -2.50. The summed E-state index contributed by atoms with van der Waals surface area (Å²) in [5.74, 6) is 0.630. The van der Waals surface area contributed by atoms with E-state index in [1.807, 2.05) is 9.80 Å². The number of hydrogen-bond donors (Lipinski definition) is 0. The first kappa shape index (κ1) is 17.6. The molecule has 2 heterocycles. The Morgan fingerprint density at radius 3 is 2.58 bits per heavy atom. The molecule has 2 fully saturated rings. The zero-order valence-electron chi connectivity index (χ0n) is 16.0. The highest BCUT2D eigenvalue weighted by molar-refractivity contribution is 5.90. The number of carbonyl (C=O) groups excluding carboxylic acids is 2. The molecule has 26 heavy (non-hydrogen) atoms. The molecule has 0 aromatic heterocycles. The highest BCUT2D eigenvalue weighted by Gasteiger charge is 2.46.